The van der Waals surface area contributed by atoms with E-state index in [4.69, 9.17) is 4.55 Å². The number of nitrogens with one attached hydrogen (secondary N) is 1. The summed E-state index contributed by atoms with van der Waals surface area (Å²) in [6, 6.07) is 0. The molecule has 0 aromatic rings. The van der Waals surface area contributed by atoms with Gasteiger partial charge in [0.25, 0.3) is 10.1 Å². The Kier molecular flexibility index (Phi) is 8.74. The van der Waals surface area contributed by atoms with E-state index in [0.29, 0.717) is 0 Å². The minimum Gasteiger partial charge on any atom is -0.748 e. The second-order valence-electron chi connectivity index (χ2n) is 2.30. The van der Waals surface area contributed by atoms with Crippen molar-refractivity contribution in [2.75, 3.05) is 24.6 Å². The topological polar surface area (TPSA) is 124 Å². The fourth-order valence-electron chi connectivity index (χ4n) is 0.523. The molecule has 0 atom stereocenters. The van der Waals surface area contributed by atoms with Gasteiger partial charge in [0.15, 0.2) is 0 Å². The van der Waals surface area contributed by atoms with Crippen LogP contribution >= 0.6 is 0 Å². The van der Waals surface area contributed by atoms with E-state index in [0.717, 1.165) is 0 Å². The molecule has 7 nitrogen and oxygen atoms in total. The zero-order chi connectivity index (χ0) is 10.5. The normalized spacial score (nSPS) is 12.1. The van der Waals surface area contributed by atoms with E-state index in [1.165, 1.54) is 0 Å². The van der Waals surface area contributed by atoms with E-state index in [1.54, 1.807) is 0 Å². The maximum Gasteiger partial charge on any atom is 1.00 e. The summed E-state index contributed by atoms with van der Waals surface area (Å²) in [5.74, 6) is -1.11. The van der Waals surface area contributed by atoms with Gasteiger partial charge in [-0.1, -0.05) is 0 Å². The molecule has 0 spiro atoms. The second-order valence-corrected chi connectivity index (χ2v) is 5.39. The molecule has 0 saturated heterocycles. The largest absolute Gasteiger partial charge is 1.00 e. The molecule has 10 heteroatoms. The average Bonchev–Trinajstić information content (AvgIpc) is 1.81. The van der Waals surface area contributed by atoms with E-state index in [1.807, 2.05) is 0 Å². The third-order valence-corrected chi connectivity index (χ3v) is 2.49. The molecule has 2 N–H and O–H groups in total. The van der Waals surface area contributed by atoms with Gasteiger partial charge in [-0.15, -0.1) is 0 Å². The molecule has 0 aliphatic carbocycles. The van der Waals surface area contributed by atoms with Gasteiger partial charge < -0.3 is 9.87 Å². The van der Waals surface area contributed by atoms with Gasteiger partial charge in [-0.25, -0.2) is 8.42 Å². The molecule has 80 valence electrons. The quantitative estimate of drug-likeness (QED) is 0.277. The maximum atomic E-state index is 10.1. The van der Waals surface area contributed by atoms with E-state index in [-0.39, 0.29) is 42.6 Å². The Labute approximate surface area is 105 Å². The van der Waals surface area contributed by atoms with Crippen LogP contribution in [0.2, 0.25) is 0 Å². The van der Waals surface area contributed by atoms with Crippen LogP contribution in [0.3, 0.4) is 0 Å². The van der Waals surface area contributed by atoms with Gasteiger partial charge in [0.05, 0.1) is 21.6 Å². The van der Waals surface area contributed by atoms with Gasteiger partial charge in [-0.2, -0.15) is 8.42 Å². The zero-order valence-corrected chi connectivity index (χ0v) is 11.3. The molecule has 0 aromatic carbocycles. The van der Waals surface area contributed by atoms with E-state index < -0.39 is 31.7 Å². The molecule has 0 unspecified atom stereocenters. The standard InChI is InChI=1S/C4H11NO6S2.Na/c6-12(7,8)3-1-5-2-4-13(9,10)11;/h5H,1-4H2,(H,6,7,8)(H,9,10,11);/q;+1/p-1. The van der Waals surface area contributed by atoms with Crippen molar-refractivity contribution in [1.29, 1.82) is 0 Å². The third kappa shape index (κ3) is 15.3. The van der Waals surface area contributed by atoms with Crippen molar-refractivity contribution in [2.24, 2.45) is 0 Å². The van der Waals surface area contributed by atoms with Crippen LogP contribution in [-0.2, 0) is 20.2 Å². The molecule has 0 radical (unpaired) electrons. The first-order valence-corrected chi connectivity index (χ1v) is 6.49. The molecule has 0 fully saturated rings. The molecule has 0 saturated carbocycles. The first-order valence-electron chi connectivity index (χ1n) is 3.30. The summed E-state index contributed by atoms with van der Waals surface area (Å²) in [6.45, 7) is -0.213. The fraction of sp³-hybridized carbons (Fsp3) is 1.00. The molecule has 0 heterocycles. The monoisotopic (exact) mass is 255 g/mol. The summed E-state index contributed by atoms with van der Waals surface area (Å²) in [5.41, 5.74) is 0. The van der Waals surface area contributed by atoms with Gasteiger partial charge in [-0.05, 0) is 0 Å². The van der Waals surface area contributed by atoms with Crippen molar-refractivity contribution < 1.29 is 55.5 Å². The van der Waals surface area contributed by atoms with Gasteiger partial charge in [0, 0.05) is 13.1 Å². The van der Waals surface area contributed by atoms with Crippen LogP contribution in [0.15, 0.2) is 0 Å². The Balaban J connectivity index is 0. The third-order valence-electron chi connectivity index (χ3n) is 1.07. The Morgan fingerprint density at radius 1 is 1.07 bits per heavy atom. The molecule has 0 aliphatic heterocycles. The predicted molar refractivity (Wildman–Crippen MR) is 43.8 cm³/mol. The Hall–Kier alpha value is 0.780. The Morgan fingerprint density at radius 2 is 1.50 bits per heavy atom. The van der Waals surface area contributed by atoms with Gasteiger partial charge in [-0.3, -0.25) is 4.55 Å². The van der Waals surface area contributed by atoms with Gasteiger partial charge >= 0.3 is 29.6 Å². The molecule has 0 aromatic heterocycles. The number of rotatable bonds is 6. The van der Waals surface area contributed by atoms with Crippen molar-refractivity contribution in [3.63, 3.8) is 0 Å². The molecule has 14 heavy (non-hydrogen) atoms. The van der Waals surface area contributed by atoms with Crippen molar-refractivity contribution in [2.45, 2.75) is 0 Å². The Morgan fingerprint density at radius 3 is 1.86 bits per heavy atom. The molecular formula is C4H10NNaO6S2. The second kappa shape index (κ2) is 7.12. The van der Waals surface area contributed by atoms with E-state index in [2.05, 4.69) is 5.32 Å². The van der Waals surface area contributed by atoms with Crippen LogP contribution in [-0.4, -0.2) is 50.5 Å². The van der Waals surface area contributed by atoms with Crippen LogP contribution in [0.4, 0.5) is 0 Å². The first-order chi connectivity index (χ1) is 5.71. The summed E-state index contributed by atoms with van der Waals surface area (Å²) >= 11 is 0. The fourth-order valence-corrected chi connectivity index (χ4v) is 1.32. The summed E-state index contributed by atoms with van der Waals surface area (Å²) < 4.78 is 58.6. The predicted octanol–water partition coefficient (Wildman–Crippen LogP) is -4.99. The SMILES string of the molecule is O=S(=O)([O-])CCNCCS(=O)(=O)O.[Na+]. The first kappa shape index (κ1) is 17.2. The van der Waals surface area contributed by atoms with Gasteiger partial charge in [0.2, 0.25) is 0 Å². The number of hydrogen-bond acceptors (Lipinski definition) is 6. The van der Waals surface area contributed by atoms with E-state index >= 15 is 0 Å². The summed E-state index contributed by atoms with van der Waals surface area (Å²) in [4.78, 5) is 0. The molecule has 0 amide bonds. The minimum atomic E-state index is -4.26. The van der Waals surface area contributed by atoms with Crippen LogP contribution in [0.25, 0.3) is 0 Å². The van der Waals surface area contributed by atoms with Crippen molar-refractivity contribution >= 4 is 20.2 Å². The minimum absolute atomic E-state index is 0. The van der Waals surface area contributed by atoms with Crippen molar-refractivity contribution in [3.05, 3.63) is 0 Å². The van der Waals surface area contributed by atoms with Crippen LogP contribution in [0.1, 0.15) is 0 Å². The molecule has 0 aliphatic rings. The average molecular weight is 255 g/mol. The summed E-state index contributed by atoms with van der Waals surface area (Å²) in [5, 5.41) is 2.38. The van der Waals surface area contributed by atoms with Gasteiger partial charge in [0.1, 0.15) is 0 Å². The van der Waals surface area contributed by atoms with Crippen molar-refractivity contribution in [1.82, 2.24) is 5.32 Å². The summed E-state index contributed by atoms with van der Waals surface area (Å²) in [6.07, 6.45) is 0. The molecular weight excluding hydrogens is 245 g/mol. The zero-order valence-electron chi connectivity index (χ0n) is 7.63. The number of hydrogen-bond donors (Lipinski definition) is 2. The van der Waals surface area contributed by atoms with Crippen molar-refractivity contribution in [3.8, 4) is 0 Å². The summed E-state index contributed by atoms with van der Waals surface area (Å²) in [7, 11) is -8.29. The Bertz CT molecular complexity index is 301. The molecule has 0 bridgehead atoms. The van der Waals surface area contributed by atoms with Crippen LogP contribution in [0, 0.1) is 0 Å². The molecule has 0 rings (SSSR count). The van der Waals surface area contributed by atoms with Crippen LogP contribution in [0.5, 0.6) is 0 Å². The van der Waals surface area contributed by atoms with E-state index in [9.17, 15) is 21.4 Å². The maximum absolute atomic E-state index is 10.1. The van der Waals surface area contributed by atoms with Crippen LogP contribution < -0.4 is 34.9 Å². The smallest absolute Gasteiger partial charge is 0.748 e.